The van der Waals surface area contributed by atoms with Gasteiger partial charge in [0.1, 0.15) is 12.4 Å². The molecule has 1 aliphatic rings. The highest BCUT2D eigenvalue weighted by Gasteiger charge is 2.37. The molecule has 19 heavy (non-hydrogen) atoms. The van der Waals surface area contributed by atoms with Gasteiger partial charge in [0.05, 0.1) is 5.56 Å². The van der Waals surface area contributed by atoms with E-state index in [-0.39, 0.29) is 29.1 Å². The highest BCUT2D eigenvalue weighted by Crippen LogP contribution is 2.44. The number of nitrogens with one attached hydrogen (secondary N) is 1. The van der Waals surface area contributed by atoms with Gasteiger partial charge in [0.2, 0.25) is 0 Å². The molecule has 1 aromatic rings. The Bertz CT molecular complexity index is 553. The fourth-order valence-electron chi connectivity index (χ4n) is 1.68. The fraction of sp³-hybridized carbons (Fsp3) is 0.400. The number of halogens is 1. The van der Waals surface area contributed by atoms with Gasteiger partial charge in [-0.1, -0.05) is 18.8 Å². The maximum absolute atomic E-state index is 13.7. The zero-order chi connectivity index (χ0) is 13.9. The third kappa shape index (κ3) is 3.55. The summed E-state index contributed by atoms with van der Waals surface area (Å²) in [5, 5.41) is 11.4. The summed E-state index contributed by atoms with van der Waals surface area (Å²) < 4.78 is 13.7. The van der Waals surface area contributed by atoms with Crippen LogP contribution in [0.15, 0.2) is 18.2 Å². The van der Waals surface area contributed by atoms with Crippen LogP contribution in [0.3, 0.4) is 0 Å². The minimum absolute atomic E-state index is 0.180. The van der Waals surface area contributed by atoms with Crippen LogP contribution in [-0.2, 0) is 0 Å². The average molecular weight is 261 g/mol. The number of hydrogen-bond acceptors (Lipinski definition) is 2. The van der Waals surface area contributed by atoms with Crippen LogP contribution in [0, 0.1) is 23.1 Å². The normalized spacial score (nSPS) is 15.3. The van der Waals surface area contributed by atoms with Gasteiger partial charge in [0.25, 0.3) is 5.91 Å². The molecule has 0 aliphatic heterocycles. The lowest BCUT2D eigenvalue weighted by molar-refractivity contribution is 0.0945. The monoisotopic (exact) mass is 261 g/mol. The van der Waals surface area contributed by atoms with Crippen LogP contribution in [0.2, 0.25) is 0 Å². The smallest absolute Gasteiger partial charge is 0.251 e. The van der Waals surface area contributed by atoms with Crippen molar-refractivity contribution >= 4 is 5.91 Å². The average Bonchev–Trinajstić information content (AvgIpc) is 3.13. The van der Waals surface area contributed by atoms with Crippen molar-refractivity contribution < 1.29 is 14.3 Å². The Hall–Kier alpha value is -1.86. The minimum Gasteiger partial charge on any atom is -0.384 e. The summed E-state index contributed by atoms with van der Waals surface area (Å²) in [7, 11) is 0. The van der Waals surface area contributed by atoms with E-state index in [1.165, 1.54) is 18.2 Å². The van der Waals surface area contributed by atoms with Crippen LogP contribution in [-0.4, -0.2) is 24.2 Å². The lowest BCUT2D eigenvalue weighted by atomic mass is 10.1. The number of carbonyl (C=O) groups is 1. The molecule has 100 valence electrons. The highest BCUT2D eigenvalue weighted by atomic mass is 19.1. The molecule has 0 radical (unpaired) electrons. The number of amides is 1. The molecule has 0 unspecified atom stereocenters. The van der Waals surface area contributed by atoms with Gasteiger partial charge in [-0.25, -0.2) is 4.39 Å². The number of hydrogen-bond donors (Lipinski definition) is 2. The zero-order valence-electron chi connectivity index (χ0n) is 10.8. The number of benzene rings is 1. The first-order valence-corrected chi connectivity index (χ1v) is 6.22. The molecular formula is C15H16FNO2. The van der Waals surface area contributed by atoms with Crippen LogP contribution in [0.1, 0.15) is 35.7 Å². The van der Waals surface area contributed by atoms with E-state index in [9.17, 15) is 9.18 Å². The standard InChI is InChI=1S/C15H16FNO2/c1-15(6-7-15)10-17-14(19)12-5-4-11(3-2-8-18)13(16)9-12/h4-5,9,18H,6-8,10H2,1H3,(H,17,19). The quantitative estimate of drug-likeness (QED) is 0.814. The maximum atomic E-state index is 13.7. The molecule has 0 bridgehead atoms. The molecule has 1 amide bonds. The van der Waals surface area contributed by atoms with Gasteiger partial charge in [-0.3, -0.25) is 4.79 Å². The molecule has 0 spiro atoms. The van der Waals surface area contributed by atoms with Crippen LogP contribution < -0.4 is 5.32 Å². The van der Waals surface area contributed by atoms with Gasteiger partial charge < -0.3 is 10.4 Å². The van der Waals surface area contributed by atoms with Crippen molar-refractivity contribution in [2.75, 3.05) is 13.2 Å². The van der Waals surface area contributed by atoms with Crippen LogP contribution in [0.25, 0.3) is 0 Å². The second kappa shape index (κ2) is 5.41. The topological polar surface area (TPSA) is 49.3 Å². The number of carbonyl (C=O) groups excluding carboxylic acids is 1. The number of rotatable bonds is 3. The van der Waals surface area contributed by atoms with Crippen molar-refractivity contribution in [3.63, 3.8) is 0 Å². The van der Waals surface area contributed by atoms with Gasteiger partial charge in [0.15, 0.2) is 0 Å². The molecular weight excluding hydrogens is 245 g/mol. The summed E-state index contributed by atoms with van der Waals surface area (Å²) in [5.41, 5.74) is 0.692. The lowest BCUT2D eigenvalue weighted by Crippen LogP contribution is -2.29. The van der Waals surface area contributed by atoms with Crippen molar-refractivity contribution in [2.45, 2.75) is 19.8 Å². The van der Waals surface area contributed by atoms with Gasteiger partial charge in [-0.2, -0.15) is 0 Å². The van der Waals surface area contributed by atoms with Crippen molar-refractivity contribution in [1.82, 2.24) is 5.32 Å². The predicted octanol–water partition coefficient (Wildman–Crippen LogP) is 1.70. The van der Waals surface area contributed by atoms with E-state index in [4.69, 9.17) is 5.11 Å². The van der Waals surface area contributed by atoms with E-state index < -0.39 is 5.82 Å². The predicted molar refractivity (Wildman–Crippen MR) is 70.0 cm³/mol. The van der Waals surface area contributed by atoms with Gasteiger partial charge in [0, 0.05) is 12.1 Å². The first-order valence-electron chi connectivity index (χ1n) is 6.22. The number of aliphatic hydroxyl groups excluding tert-OH is 1. The van der Waals surface area contributed by atoms with Crippen molar-refractivity contribution in [3.05, 3.63) is 35.1 Å². The summed E-state index contributed by atoms with van der Waals surface area (Å²) in [5.74, 6) is 4.04. The molecule has 1 aliphatic carbocycles. The molecule has 0 saturated heterocycles. The third-order valence-electron chi connectivity index (χ3n) is 3.31. The van der Waals surface area contributed by atoms with E-state index in [2.05, 4.69) is 24.1 Å². The fourth-order valence-corrected chi connectivity index (χ4v) is 1.68. The summed E-state index contributed by atoms with van der Waals surface area (Å²) >= 11 is 0. The molecule has 0 heterocycles. The Morgan fingerprint density at radius 3 is 2.84 bits per heavy atom. The second-order valence-corrected chi connectivity index (χ2v) is 5.15. The van der Waals surface area contributed by atoms with Crippen molar-refractivity contribution in [2.24, 2.45) is 5.41 Å². The Morgan fingerprint density at radius 2 is 2.26 bits per heavy atom. The Morgan fingerprint density at radius 1 is 1.53 bits per heavy atom. The van der Waals surface area contributed by atoms with Crippen LogP contribution in [0.4, 0.5) is 4.39 Å². The van der Waals surface area contributed by atoms with E-state index >= 15 is 0 Å². The molecule has 0 aromatic heterocycles. The number of aliphatic hydroxyl groups is 1. The SMILES string of the molecule is CC1(CNC(=O)c2ccc(C#CCO)c(F)c2)CC1. The molecule has 2 N–H and O–H groups in total. The molecule has 2 rings (SSSR count). The van der Waals surface area contributed by atoms with E-state index in [1.54, 1.807) is 0 Å². The Kier molecular flexibility index (Phi) is 3.87. The van der Waals surface area contributed by atoms with Gasteiger partial charge in [-0.05, 0) is 36.5 Å². The highest BCUT2D eigenvalue weighted by molar-refractivity contribution is 5.94. The molecule has 1 saturated carbocycles. The van der Waals surface area contributed by atoms with Crippen LogP contribution in [0.5, 0.6) is 0 Å². The third-order valence-corrected chi connectivity index (χ3v) is 3.31. The molecule has 1 aromatic carbocycles. The second-order valence-electron chi connectivity index (χ2n) is 5.15. The largest absolute Gasteiger partial charge is 0.384 e. The summed E-state index contributed by atoms with van der Waals surface area (Å²) in [4.78, 5) is 11.8. The first-order chi connectivity index (χ1) is 9.04. The maximum Gasteiger partial charge on any atom is 0.251 e. The molecule has 3 nitrogen and oxygen atoms in total. The van der Waals surface area contributed by atoms with Gasteiger partial charge in [-0.15, -0.1) is 0 Å². The Labute approximate surface area is 111 Å². The molecule has 4 heteroatoms. The molecule has 1 fully saturated rings. The van der Waals surface area contributed by atoms with Gasteiger partial charge >= 0.3 is 0 Å². The first kappa shape index (κ1) is 13.6. The van der Waals surface area contributed by atoms with E-state index in [1.807, 2.05) is 0 Å². The Balaban J connectivity index is 2.04. The lowest BCUT2D eigenvalue weighted by Gasteiger charge is -2.10. The molecule has 0 atom stereocenters. The van der Waals surface area contributed by atoms with Crippen molar-refractivity contribution in [3.8, 4) is 11.8 Å². The zero-order valence-corrected chi connectivity index (χ0v) is 10.8. The van der Waals surface area contributed by atoms with E-state index in [0.717, 1.165) is 12.8 Å². The summed E-state index contributed by atoms with van der Waals surface area (Å²) in [6.07, 6.45) is 2.24. The van der Waals surface area contributed by atoms with E-state index in [0.29, 0.717) is 6.54 Å². The van der Waals surface area contributed by atoms with Crippen LogP contribution >= 0.6 is 0 Å². The summed E-state index contributed by atoms with van der Waals surface area (Å²) in [6, 6.07) is 4.16. The summed E-state index contributed by atoms with van der Waals surface area (Å²) in [6.45, 7) is 2.42. The van der Waals surface area contributed by atoms with Crippen molar-refractivity contribution in [1.29, 1.82) is 0 Å². The minimum atomic E-state index is -0.550.